The predicted octanol–water partition coefficient (Wildman–Crippen LogP) is 3.58. The van der Waals surface area contributed by atoms with Crippen molar-refractivity contribution in [3.05, 3.63) is 106 Å². The van der Waals surface area contributed by atoms with Crippen LogP contribution in [-0.2, 0) is 9.53 Å². The maximum atomic E-state index is 12.8. The van der Waals surface area contributed by atoms with Crippen LogP contribution in [0.3, 0.4) is 0 Å². The standard InChI is InChI=1S/C24H19ClN2O5/c1-15(22(29)26-27-23(30)17-7-3-2-4-8-17)32-24(31)20-10-6-5-9-19(20)21(28)16-11-13-18(25)14-12-16/h2-15H,1H3,(H,26,29)(H,27,30). The zero-order valence-electron chi connectivity index (χ0n) is 17.0. The van der Waals surface area contributed by atoms with E-state index in [0.29, 0.717) is 16.1 Å². The Kier molecular flexibility index (Phi) is 7.36. The van der Waals surface area contributed by atoms with Crippen molar-refractivity contribution in [2.75, 3.05) is 0 Å². The lowest BCUT2D eigenvalue weighted by Gasteiger charge is -2.15. The minimum atomic E-state index is -1.22. The van der Waals surface area contributed by atoms with Gasteiger partial charge in [-0.25, -0.2) is 4.79 Å². The van der Waals surface area contributed by atoms with Crippen molar-refractivity contribution in [3.8, 4) is 0 Å². The summed E-state index contributed by atoms with van der Waals surface area (Å²) in [7, 11) is 0. The van der Waals surface area contributed by atoms with E-state index in [4.69, 9.17) is 16.3 Å². The van der Waals surface area contributed by atoms with Crippen LogP contribution in [0.25, 0.3) is 0 Å². The van der Waals surface area contributed by atoms with Gasteiger partial charge in [-0.05, 0) is 49.4 Å². The number of rotatable bonds is 6. The minimum Gasteiger partial charge on any atom is -0.449 e. The second-order valence-electron chi connectivity index (χ2n) is 6.74. The lowest BCUT2D eigenvalue weighted by Crippen LogP contribution is -2.46. The summed E-state index contributed by atoms with van der Waals surface area (Å²) in [5, 5.41) is 0.480. The van der Waals surface area contributed by atoms with Gasteiger partial charge in [-0.3, -0.25) is 25.2 Å². The number of carbonyl (C=O) groups is 4. The van der Waals surface area contributed by atoms with E-state index in [1.807, 2.05) is 0 Å². The normalized spacial score (nSPS) is 11.2. The second kappa shape index (κ2) is 10.4. The molecule has 3 aromatic rings. The van der Waals surface area contributed by atoms with Gasteiger partial charge < -0.3 is 4.74 Å². The van der Waals surface area contributed by atoms with E-state index in [1.165, 1.54) is 19.1 Å². The molecule has 162 valence electrons. The summed E-state index contributed by atoms with van der Waals surface area (Å²) in [6.45, 7) is 1.35. The first-order valence-electron chi connectivity index (χ1n) is 9.62. The van der Waals surface area contributed by atoms with Crippen molar-refractivity contribution < 1.29 is 23.9 Å². The molecule has 0 aliphatic rings. The van der Waals surface area contributed by atoms with Crippen LogP contribution in [0.5, 0.6) is 0 Å². The lowest BCUT2D eigenvalue weighted by molar-refractivity contribution is -0.129. The van der Waals surface area contributed by atoms with Crippen molar-refractivity contribution >= 4 is 35.2 Å². The number of ketones is 1. The van der Waals surface area contributed by atoms with Gasteiger partial charge in [0.1, 0.15) is 0 Å². The topological polar surface area (TPSA) is 102 Å². The average molecular weight is 451 g/mol. The summed E-state index contributed by atoms with van der Waals surface area (Å²) in [5.41, 5.74) is 5.31. The van der Waals surface area contributed by atoms with Gasteiger partial charge in [0.05, 0.1) is 5.56 Å². The Bertz CT molecular complexity index is 1150. The van der Waals surface area contributed by atoms with Gasteiger partial charge in [0.2, 0.25) is 0 Å². The molecule has 3 aromatic carbocycles. The average Bonchev–Trinajstić information content (AvgIpc) is 2.82. The molecule has 1 atom stereocenters. The zero-order chi connectivity index (χ0) is 23.1. The van der Waals surface area contributed by atoms with E-state index < -0.39 is 23.9 Å². The molecule has 0 saturated carbocycles. The first-order chi connectivity index (χ1) is 15.4. The maximum absolute atomic E-state index is 12.8. The van der Waals surface area contributed by atoms with Gasteiger partial charge in [0.15, 0.2) is 11.9 Å². The van der Waals surface area contributed by atoms with E-state index in [-0.39, 0.29) is 16.9 Å². The summed E-state index contributed by atoms with van der Waals surface area (Å²) >= 11 is 5.86. The number of esters is 1. The SMILES string of the molecule is CC(OC(=O)c1ccccc1C(=O)c1ccc(Cl)cc1)C(=O)NNC(=O)c1ccccc1. The van der Waals surface area contributed by atoms with E-state index >= 15 is 0 Å². The van der Waals surface area contributed by atoms with Crippen molar-refractivity contribution in [2.24, 2.45) is 0 Å². The molecule has 32 heavy (non-hydrogen) atoms. The highest BCUT2D eigenvalue weighted by molar-refractivity contribution is 6.30. The number of hydrazine groups is 1. The Morgan fingerprint density at radius 3 is 2.00 bits per heavy atom. The molecule has 0 saturated heterocycles. The summed E-state index contributed by atoms with van der Waals surface area (Å²) in [5.74, 6) is -2.48. The molecule has 2 N–H and O–H groups in total. The summed E-state index contributed by atoms with van der Waals surface area (Å²) < 4.78 is 5.21. The summed E-state index contributed by atoms with van der Waals surface area (Å²) in [6.07, 6.45) is -1.22. The number of hydrogen-bond acceptors (Lipinski definition) is 5. The fourth-order valence-electron chi connectivity index (χ4n) is 2.78. The van der Waals surface area contributed by atoms with Crippen LogP contribution in [0.1, 0.15) is 43.6 Å². The van der Waals surface area contributed by atoms with Gasteiger partial charge >= 0.3 is 5.97 Å². The molecule has 0 spiro atoms. The van der Waals surface area contributed by atoms with Crippen LogP contribution in [0.15, 0.2) is 78.9 Å². The quantitative estimate of drug-likeness (QED) is 0.339. The van der Waals surface area contributed by atoms with E-state index in [1.54, 1.807) is 66.7 Å². The molecular formula is C24H19ClN2O5. The fourth-order valence-corrected chi connectivity index (χ4v) is 2.90. The second-order valence-corrected chi connectivity index (χ2v) is 7.17. The van der Waals surface area contributed by atoms with Crippen molar-refractivity contribution in [3.63, 3.8) is 0 Å². The molecule has 0 aliphatic heterocycles. The molecule has 7 nitrogen and oxygen atoms in total. The third-order valence-corrected chi connectivity index (χ3v) is 4.74. The highest BCUT2D eigenvalue weighted by Crippen LogP contribution is 2.18. The molecule has 0 radical (unpaired) electrons. The molecule has 0 aliphatic carbocycles. The number of amides is 2. The van der Waals surface area contributed by atoms with Crippen LogP contribution in [0.2, 0.25) is 5.02 Å². The Hall–Kier alpha value is -3.97. The summed E-state index contributed by atoms with van der Waals surface area (Å²) in [6, 6.07) is 20.7. The fraction of sp³-hybridized carbons (Fsp3) is 0.0833. The number of nitrogens with one attached hydrogen (secondary N) is 2. The monoisotopic (exact) mass is 450 g/mol. The molecule has 0 heterocycles. The van der Waals surface area contributed by atoms with Crippen LogP contribution < -0.4 is 10.9 Å². The van der Waals surface area contributed by atoms with Gasteiger partial charge in [0.25, 0.3) is 11.8 Å². The Balaban J connectivity index is 1.65. The highest BCUT2D eigenvalue weighted by atomic mass is 35.5. The van der Waals surface area contributed by atoms with Gasteiger partial charge in [0, 0.05) is 21.7 Å². The molecule has 0 bridgehead atoms. The Morgan fingerprint density at radius 1 is 0.750 bits per heavy atom. The largest absolute Gasteiger partial charge is 0.449 e. The number of carbonyl (C=O) groups excluding carboxylic acids is 4. The number of benzene rings is 3. The Morgan fingerprint density at radius 2 is 1.34 bits per heavy atom. The smallest absolute Gasteiger partial charge is 0.339 e. The van der Waals surface area contributed by atoms with E-state index in [0.717, 1.165) is 0 Å². The first-order valence-corrected chi connectivity index (χ1v) is 10.00. The lowest BCUT2D eigenvalue weighted by atomic mass is 9.98. The van der Waals surface area contributed by atoms with Gasteiger partial charge in [-0.15, -0.1) is 0 Å². The van der Waals surface area contributed by atoms with Crippen molar-refractivity contribution in [2.45, 2.75) is 13.0 Å². The Labute approximate surface area is 189 Å². The van der Waals surface area contributed by atoms with Crippen LogP contribution in [-0.4, -0.2) is 29.7 Å². The molecule has 1 unspecified atom stereocenters. The summed E-state index contributed by atoms with van der Waals surface area (Å²) in [4.78, 5) is 49.8. The van der Waals surface area contributed by atoms with Crippen LogP contribution >= 0.6 is 11.6 Å². The zero-order valence-corrected chi connectivity index (χ0v) is 17.8. The van der Waals surface area contributed by atoms with Gasteiger partial charge in [-0.2, -0.15) is 0 Å². The molecular weight excluding hydrogens is 432 g/mol. The van der Waals surface area contributed by atoms with E-state index in [9.17, 15) is 19.2 Å². The minimum absolute atomic E-state index is 0.0143. The number of hydrogen-bond donors (Lipinski definition) is 2. The molecule has 0 fully saturated rings. The van der Waals surface area contributed by atoms with E-state index in [2.05, 4.69) is 10.9 Å². The first kappa shape index (κ1) is 22.7. The van der Waals surface area contributed by atoms with Gasteiger partial charge in [-0.1, -0.05) is 48.0 Å². The molecule has 2 amide bonds. The number of ether oxygens (including phenoxy) is 1. The number of halogens is 1. The molecule has 0 aromatic heterocycles. The van der Waals surface area contributed by atoms with Crippen LogP contribution in [0.4, 0.5) is 0 Å². The molecule has 8 heteroatoms. The molecule has 3 rings (SSSR count). The van der Waals surface area contributed by atoms with Crippen molar-refractivity contribution in [1.29, 1.82) is 0 Å². The van der Waals surface area contributed by atoms with Crippen LogP contribution in [0, 0.1) is 0 Å². The third kappa shape index (κ3) is 5.59. The maximum Gasteiger partial charge on any atom is 0.339 e. The third-order valence-electron chi connectivity index (χ3n) is 4.49. The highest BCUT2D eigenvalue weighted by Gasteiger charge is 2.23. The van der Waals surface area contributed by atoms with Crippen molar-refractivity contribution in [1.82, 2.24) is 10.9 Å². The predicted molar refractivity (Wildman–Crippen MR) is 118 cm³/mol.